The molecule has 96 valence electrons. The summed E-state index contributed by atoms with van der Waals surface area (Å²) in [5, 5.41) is 0. The van der Waals surface area contributed by atoms with Gasteiger partial charge in [0.1, 0.15) is 0 Å². The Kier molecular flexibility index (Phi) is 12.9. The van der Waals surface area contributed by atoms with E-state index in [2.05, 4.69) is 32.7 Å². The van der Waals surface area contributed by atoms with Gasteiger partial charge in [0.25, 0.3) is 0 Å². The fourth-order valence-electron chi connectivity index (χ4n) is 2.56. The van der Waals surface area contributed by atoms with Crippen LogP contribution in [0, 0.1) is 0 Å². The average Bonchev–Trinajstić information content (AvgIpc) is 2.25. The predicted octanol–water partition coefficient (Wildman–Crippen LogP) is 4.42. The van der Waals surface area contributed by atoms with Gasteiger partial charge < -0.3 is 0 Å². The maximum absolute atomic E-state index is 2.49. The Hall–Kier alpha value is 0.830. The van der Waals surface area contributed by atoms with Gasteiger partial charge in [-0.3, -0.25) is 0 Å². The number of hydrogen-bond donors (Lipinski definition) is 0. The molecule has 0 unspecified atom stereocenters. The van der Waals surface area contributed by atoms with Crippen LogP contribution in [0.15, 0.2) is 0 Å². The number of nitrogens with zero attached hydrogens (tertiary/aromatic N) is 1. The first-order valence-electron chi connectivity index (χ1n) is 7.43. The van der Waals surface area contributed by atoms with Crippen LogP contribution in [0.4, 0.5) is 0 Å². The van der Waals surface area contributed by atoms with Gasteiger partial charge in [0.15, 0.2) is 0 Å². The van der Waals surface area contributed by atoms with Crippen molar-refractivity contribution in [2.24, 2.45) is 0 Å². The van der Waals surface area contributed by atoms with E-state index in [1.807, 2.05) is 0 Å². The Balaban J connectivity index is 3.45. The van der Waals surface area contributed by atoms with E-state index in [-0.39, 0.29) is 0 Å². The summed E-state index contributed by atoms with van der Waals surface area (Å²) in [6.45, 7) is 9.61. The number of unbranched alkanes of at least 4 members (excludes halogenated alkanes) is 1. The zero-order valence-corrected chi connectivity index (χ0v) is 15.4. The molecule has 0 bridgehead atoms. The second kappa shape index (κ2) is 12.3. The Labute approximate surface area is 112 Å². The van der Waals surface area contributed by atoms with Gasteiger partial charge in [-0.1, -0.05) is 0 Å². The number of rotatable bonds is 11. The fourth-order valence-corrected chi connectivity index (χ4v) is 12.2. The summed E-state index contributed by atoms with van der Waals surface area (Å²) in [4.78, 5) is 2.49. The second-order valence-corrected chi connectivity index (χ2v) is 15.1. The Morgan fingerprint density at radius 2 is 1.38 bits per heavy atom. The molecule has 0 aromatic carbocycles. The van der Waals surface area contributed by atoms with Crippen LogP contribution in [0.2, 0.25) is 12.5 Å². The topological polar surface area (TPSA) is 3.24 Å². The molecule has 0 aromatic rings. The molecular weight excluding hydrogens is 297 g/mol. The van der Waals surface area contributed by atoms with Crippen LogP contribution in [0.5, 0.6) is 0 Å². The summed E-state index contributed by atoms with van der Waals surface area (Å²) in [5.41, 5.74) is 0. The molecular formula is C14H32InN. The third-order valence-corrected chi connectivity index (χ3v) is 14.9. The van der Waals surface area contributed by atoms with Crippen LogP contribution in [0.1, 0.15) is 52.9 Å². The van der Waals surface area contributed by atoms with Crippen molar-refractivity contribution < 1.29 is 0 Å². The van der Waals surface area contributed by atoms with Crippen LogP contribution >= 0.6 is 0 Å². The van der Waals surface area contributed by atoms with E-state index in [9.17, 15) is 0 Å². The van der Waals surface area contributed by atoms with E-state index in [0.717, 1.165) is 0 Å². The van der Waals surface area contributed by atoms with Gasteiger partial charge in [0, 0.05) is 0 Å². The van der Waals surface area contributed by atoms with Gasteiger partial charge in [0.05, 0.1) is 0 Å². The van der Waals surface area contributed by atoms with E-state index in [1.54, 1.807) is 12.5 Å². The molecule has 0 N–H and O–H groups in total. The zero-order chi connectivity index (χ0) is 12.2. The van der Waals surface area contributed by atoms with Crippen molar-refractivity contribution in [1.29, 1.82) is 0 Å². The van der Waals surface area contributed by atoms with Crippen molar-refractivity contribution in [3.63, 3.8) is 0 Å². The van der Waals surface area contributed by atoms with Crippen molar-refractivity contribution in [2.45, 2.75) is 65.4 Å². The summed E-state index contributed by atoms with van der Waals surface area (Å²) < 4.78 is 4.98. The normalized spacial score (nSPS) is 11.1. The van der Waals surface area contributed by atoms with E-state index in [4.69, 9.17) is 0 Å². The van der Waals surface area contributed by atoms with Crippen LogP contribution in [0.3, 0.4) is 0 Å². The minimum atomic E-state index is -1.02. The Bertz CT molecular complexity index is 133. The molecule has 0 saturated carbocycles. The van der Waals surface area contributed by atoms with Gasteiger partial charge in [-0.15, -0.1) is 0 Å². The molecule has 0 aliphatic heterocycles. The van der Waals surface area contributed by atoms with Gasteiger partial charge in [-0.2, -0.15) is 0 Å². The second-order valence-electron chi connectivity index (χ2n) is 5.24. The van der Waals surface area contributed by atoms with Crippen molar-refractivity contribution in [3.8, 4) is 0 Å². The van der Waals surface area contributed by atoms with Crippen LogP contribution in [0.25, 0.3) is 0 Å². The molecule has 0 aliphatic carbocycles. The third kappa shape index (κ3) is 10.0. The van der Waals surface area contributed by atoms with E-state index in [1.165, 1.54) is 45.2 Å². The zero-order valence-electron chi connectivity index (χ0n) is 12.1. The molecule has 0 heterocycles. The molecule has 0 fully saturated rings. The molecule has 0 spiro atoms. The first-order chi connectivity index (χ1) is 7.74. The molecule has 1 nitrogen and oxygen atoms in total. The third-order valence-electron chi connectivity index (χ3n) is 3.40. The van der Waals surface area contributed by atoms with E-state index >= 15 is 0 Å². The molecule has 0 atom stereocenters. The molecule has 0 aliphatic rings. The minimum absolute atomic E-state index is 1.02. The Morgan fingerprint density at radius 1 is 0.750 bits per heavy atom. The predicted molar refractivity (Wildman–Crippen MR) is 77.8 cm³/mol. The molecule has 0 saturated heterocycles. The van der Waals surface area contributed by atoms with Crippen LogP contribution in [-0.2, 0) is 0 Å². The van der Waals surface area contributed by atoms with Crippen molar-refractivity contribution in [3.05, 3.63) is 0 Å². The van der Waals surface area contributed by atoms with Crippen molar-refractivity contribution >= 4 is 21.4 Å². The first-order valence-corrected chi connectivity index (χ1v) is 14.4. The van der Waals surface area contributed by atoms with Gasteiger partial charge >= 0.3 is 112 Å². The summed E-state index contributed by atoms with van der Waals surface area (Å²) in [6.07, 6.45) is 7.17. The Morgan fingerprint density at radius 3 is 1.88 bits per heavy atom. The van der Waals surface area contributed by atoms with Gasteiger partial charge in [0.2, 0.25) is 0 Å². The standard InChI is InChI=1S/C8H18N.2C3H7.In/c1-4-6-8-9(3)7-5-2;2*1-3-2;/h1,4-8H2,2-3H3;2*1,3H2,2H3;. The average molecular weight is 329 g/mol. The first kappa shape index (κ1) is 16.8. The summed E-state index contributed by atoms with van der Waals surface area (Å²) in [6, 6.07) is 0. The van der Waals surface area contributed by atoms with Gasteiger partial charge in [-0.05, 0) is 0 Å². The molecule has 0 aromatic heterocycles. The molecule has 0 radical (unpaired) electrons. The van der Waals surface area contributed by atoms with Crippen molar-refractivity contribution in [1.82, 2.24) is 4.90 Å². The molecule has 2 heteroatoms. The van der Waals surface area contributed by atoms with Crippen LogP contribution in [-0.4, -0.2) is 46.5 Å². The number of hydrogen-bond acceptors (Lipinski definition) is 1. The van der Waals surface area contributed by atoms with Crippen molar-refractivity contribution in [2.75, 3.05) is 20.1 Å². The summed E-state index contributed by atoms with van der Waals surface area (Å²) in [7, 11) is 2.27. The molecule has 0 rings (SSSR count). The SMILES string of the molecule is CCCN(C)CCC[CH2][In]([CH2]CC)[CH2]CC. The molecule has 0 amide bonds. The summed E-state index contributed by atoms with van der Waals surface area (Å²) in [5.74, 6) is 0. The monoisotopic (exact) mass is 329 g/mol. The fraction of sp³-hybridized carbons (Fsp3) is 1.00. The molecule has 16 heavy (non-hydrogen) atoms. The van der Waals surface area contributed by atoms with E-state index < -0.39 is 21.4 Å². The maximum atomic E-state index is 2.49. The van der Waals surface area contributed by atoms with Gasteiger partial charge in [-0.25, -0.2) is 0 Å². The van der Waals surface area contributed by atoms with Crippen LogP contribution < -0.4 is 0 Å². The van der Waals surface area contributed by atoms with E-state index in [0.29, 0.717) is 0 Å². The summed E-state index contributed by atoms with van der Waals surface area (Å²) >= 11 is -1.02. The quantitative estimate of drug-likeness (QED) is 0.507.